The summed E-state index contributed by atoms with van der Waals surface area (Å²) in [6.07, 6.45) is 5.14. The van der Waals surface area contributed by atoms with Crippen molar-refractivity contribution < 1.29 is 18.0 Å². The predicted octanol–water partition coefficient (Wildman–Crippen LogP) is 6.02. The third-order valence-electron chi connectivity index (χ3n) is 7.66. The van der Waals surface area contributed by atoms with Gasteiger partial charge < -0.3 is 10.2 Å². The van der Waals surface area contributed by atoms with Crippen LogP contribution in [0.3, 0.4) is 0 Å². The number of hydrogen-bond donors (Lipinski definition) is 1. The molecule has 3 aromatic rings. The van der Waals surface area contributed by atoms with Crippen LogP contribution >= 0.6 is 11.6 Å². The van der Waals surface area contributed by atoms with E-state index in [4.69, 9.17) is 11.6 Å². The Balaban J connectivity index is 1.68. The first-order valence-corrected chi connectivity index (χ1v) is 15.9. The Morgan fingerprint density at radius 3 is 2.20 bits per heavy atom. The standard InChI is InChI=1S/C32H38ClN3O4S/c1-23-13-15-26(16-14-23)21-35(25(3)32(38)34-28-10-5-4-6-11-28)31(37)22-36(30-12-8-7-9-24(30)2)41(39,40)29-19-17-27(33)18-20-29/h7-9,12-20,25,28H,4-6,10-11,21-22H2,1-3H3,(H,34,38)/t25-/m1/s1. The fraction of sp³-hybridized carbons (Fsp3) is 0.375. The molecule has 1 saturated carbocycles. The topological polar surface area (TPSA) is 86.8 Å². The summed E-state index contributed by atoms with van der Waals surface area (Å²) in [7, 11) is -4.14. The van der Waals surface area contributed by atoms with Crippen LogP contribution in [-0.2, 0) is 26.2 Å². The molecule has 1 fully saturated rings. The second kappa shape index (κ2) is 13.5. The van der Waals surface area contributed by atoms with Gasteiger partial charge in [0.25, 0.3) is 10.0 Å². The highest BCUT2D eigenvalue weighted by molar-refractivity contribution is 7.92. The minimum absolute atomic E-state index is 0.0196. The summed E-state index contributed by atoms with van der Waals surface area (Å²) >= 11 is 6.02. The first-order valence-electron chi connectivity index (χ1n) is 14.1. The molecule has 1 aliphatic rings. The normalized spacial score (nSPS) is 14.7. The van der Waals surface area contributed by atoms with Crippen molar-refractivity contribution in [2.45, 2.75) is 76.4 Å². The van der Waals surface area contributed by atoms with E-state index >= 15 is 0 Å². The summed E-state index contributed by atoms with van der Waals surface area (Å²) in [6.45, 7) is 5.18. The fourth-order valence-corrected chi connectivity index (χ4v) is 6.74. The lowest BCUT2D eigenvalue weighted by molar-refractivity contribution is -0.139. The summed E-state index contributed by atoms with van der Waals surface area (Å²) in [5, 5.41) is 3.53. The van der Waals surface area contributed by atoms with Crippen molar-refractivity contribution in [1.82, 2.24) is 10.2 Å². The van der Waals surface area contributed by atoms with Gasteiger partial charge in [0.05, 0.1) is 10.6 Å². The lowest BCUT2D eigenvalue weighted by atomic mass is 9.95. The van der Waals surface area contributed by atoms with E-state index in [1.165, 1.54) is 29.2 Å². The van der Waals surface area contributed by atoms with Crippen LogP contribution in [0.4, 0.5) is 5.69 Å². The van der Waals surface area contributed by atoms with Crippen molar-refractivity contribution in [2.75, 3.05) is 10.8 Å². The maximum atomic E-state index is 14.1. The first-order chi connectivity index (χ1) is 19.6. The van der Waals surface area contributed by atoms with Crippen LogP contribution in [0.25, 0.3) is 0 Å². The Labute approximate surface area is 248 Å². The van der Waals surface area contributed by atoms with Crippen molar-refractivity contribution in [1.29, 1.82) is 0 Å². The van der Waals surface area contributed by atoms with Gasteiger partial charge in [0, 0.05) is 17.6 Å². The molecule has 0 heterocycles. The minimum Gasteiger partial charge on any atom is -0.352 e. The smallest absolute Gasteiger partial charge is 0.264 e. The third-order valence-corrected chi connectivity index (χ3v) is 9.68. The molecule has 218 valence electrons. The number of carbonyl (C=O) groups is 2. The number of amides is 2. The minimum atomic E-state index is -4.14. The van der Waals surface area contributed by atoms with E-state index in [2.05, 4.69) is 5.32 Å². The number of sulfonamides is 1. The highest BCUT2D eigenvalue weighted by atomic mass is 35.5. The summed E-state index contributed by atoms with van der Waals surface area (Å²) in [5.41, 5.74) is 3.02. The van der Waals surface area contributed by atoms with Crippen LogP contribution in [0.2, 0.25) is 5.02 Å². The molecule has 3 aromatic carbocycles. The fourth-order valence-electron chi connectivity index (χ4n) is 5.13. The second-order valence-electron chi connectivity index (χ2n) is 10.8. The maximum Gasteiger partial charge on any atom is 0.264 e. The summed E-state index contributed by atoms with van der Waals surface area (Å²) in [5.74, 6) is -0.710. The molecule has 4 rings (SSSR count). The number of benzene rings is 3. The third kappa shape index (κ3) is 7.68. The van der Waals surface area contributed by atoms with E-state index in [1.807, 2.05) is 37.3 Å². The lowest BCUT2D eigenvalue weighted by Crippen LogP contribution is -2.53. The number of aryl methyl sites for hydroxylation is 2. The Kier molecular flexibility index (Phi) is 10.1. The van der Waals surface area contributed by atoms with Crippen LogP contribution in [0.1, 0.15) is 55.7 Å². The van der Waals surface area contributed by atoms with Gasteiger partial charge in [0.1, 0.15) is 12.6 Å². The van der Waals surface area contributed by atoms with Crippen molar-refractivity contribution >= 4 is 39.1 Å². The molecule has 7 nitrogen and oxygen atoms in total. The van der Waals surface area contributed by atoms with Gasteiger partial charge in [-0.15, -0.1) is 0 Å². The van der Waals surface area contributed by atoms with Crippen LogP contribution < -0.4 is 9.62 Å². The molecule has 0 aliphatic heterocycles. The van der Waals surface area contributed by atoms with Gasteiger partial charge in [-0.3, -0.25) is 13.9 Å². The molecule has 0 bridgehead atoms. The van der Waals surface area contributed by atoms with Gasteiger partial charge in [-0.1, -0.05) is 78.9 Å². The summed E-state index contributed by atoms with van der Waals surface area (Å²) < 4.78 is 29.0. The van der Waals surface area contributed by atoms with Gasteiger partial charge in [-0.05, 0) is 75.1 Å². The van der Waals surface area contributed by atoms with Gasteiger partial charge >= 0.3 is 0 Å². The quantitative estimate of drug-likeness (QED) is 0.311. The first kappa shape index (κ1) is 30.6. The average molecular weight is 596 g/mol. The van der Waals surface area contributed by atoms with Crippen LogP contribution in [-0.4, -0.2) is 43.8 Å². The Morgan fingerprint density at radius 1 is 0.927 bits per heavy atom. The van der Waals surface area contributed by atoms with E-state index in [0.717, 1.165) is 47.5 Å². The number of hydrogen-bond acceptors (Lipinski definition) is 4. The second-order valence-corrected chi connectivity index (χ2v) is 13.1. The van der Waals surface area contributed by atoms with Crippen molar-refractivity contribution in [3.8, 4) is 0 Å². The van der Waals surface area contributed by atoms with E-state index in [1.54, 1.807) is 32.0 Å². The van der Waals surface area contributed by atoms with Gasteiger partial charge in [-0.2, -0.15) is 0 Å². The largest absolute Gasteiger partial charge is 0.352 e. The highest BCUT2D eigenvalue weighted by Crippen LogP contribution is 2.28. The SMILES string of the molecule is Cc1ccc(CN(C(=O)CN(c2ccccc2C)S(=O)(=O)c2ccc(Cl)cc2)[C@H](C)C(=O)NC2CCCCC2)cc1. The number of carbonyl (C=O) groups excluding carboxylic acids is 2. The summed E-state index contributed by atoms with van der Waals surface area (Å²) in [6, 6.07) is 19.9. The predicted molar refractivity (Wildman–Crippen MR) is 163 cm³/mol. The Hall–Kier alpha value is -3.36. The van der Waals surface area contributed by atoms with Crippen molar-refractivity contribution in [3.05, 3.63) is 94.5 Å². The van der Waals surface area contributed by atoms with Gasteiger partial charge in [0.2, 0.25) is 11.8 Å². The van der Waals surface area contributed by atoms with Crippen LogP contribution in [0.15, 0.2) is 77.7 Å². The van der Waals surface area contributed by atoms with E-state index in [0.29, 0.717) is 16.3 Å². The molecule has 0 saturated heterocycles. The molecule has 1 aliphatic carbocycles. The van der Waals surface area contributed by atoms with Crippen molar-refractivity contribution in [3.63, 3.8) is 0 Å². The highest BCUT2D eigenvalue weighted by Gasteiger charge is 2.33. The zero-order valence-electron chi connectivity index (χ0n) is 23.8. The van der Waals surface area contributed by atoms with E-state index in [-0.39, 0.29) is 23.4 Å². The van der Waals surface area contributed by atoms with Crippen molar-refractivity contribution in [2.24, 2.45) is 0 Å². The molecule has 1 atom stereocenters. The van der Waals surface area contributed by atoms with Crippen LogP contribution in [0.5, 0.6) is 0 Å². The van der Waals surface area contributed by atoms with E-state index in [9.17, 15) is 18.0 Å². The molecule has 0 spiro atoms. The number of anilines is 1. The Bertz CT molecular complexity index is 1450. The zero-order chi connectivity index (χ0) is 29.6. The van der Waals surface area contributed by atoms with Gasteiger partial charge in [0.15, 0.2) is 0 Å². The number of nitrogens with one attached hydrogen (secondary N) is 1. The molecular weight excluding hydrogens is 558 g/mol. The molecule has 0 radical (unpaired) electrons. The number of para-hydroxylation sites is 1. The molecular formula is C32H38ClN3O4S. The zero-order valence-corrected chi connectivity index (χ0v) is 25.4. The molecule has 0 unspecified atom stereocenters. The molecule has 9 heteroatoms. The number of halogens is 1. The number of rotatable bonds is 10. The molecule has 41 heavy (non-hydrogen) atoms. The molecule has 0 aromatic heterocycles. The molecule has 2 amide bonds. The maximum absolute atomic E-state index is 14.1. The lowest BCUT2D eigenvalue weighted by Gasteiger charge is -2.33. The van der Waals surface area contributed by atoms with Crippen LogP contribution in [0, 0.1) is 13.8 Å². The Morgan fingerprint density at radius 2 is 1.56 bits per heavy atom. The van der Waals surface area contributed by atoms with E-state index < -0.39 is 28.5 Å². The van der Waals surface area contributed by atoms with Gasteiger partial charge in [-0.25, -0.2) is 8.42 Å². The average Bonchev–Trinajstić information content (AvgIpc) is 2.96. The number of nitrogens with zero attached hydrogens (tertiary/aromatic N) is 2. The monoisotopic (exact) mass is 595 g/mol. The molecule has 1 N–H and O–H groups in total. The summed E-state index contributed by atoms with van der Waals surface area (Å²) in [4.78, 5) is 29.0.